The van der Waals surface area contributed by atoms with Crippen molar-refractivity contribution in [3.8, 4) is 17.7 Å². The van der Waals surface area contributed by atoms with E-state index in [4.69, 9.17) is 4.74 Å². The lowest BCUT2D eigenvalue weighted by Crippen LogP contribution is -2.50. The number of likely N-dealkylation sites (N-methyl/N-ethyl adjacent to an activating group) is 1. The van der Waals surface area contributed by atoms with Crippen LogP contribution < -0.4 is 10.1 Å². The highest BCUT2D eigenvalue weighted by molar-refractivity contribution is 5.97. The van der Waals surface area contributed by atoms with Crippen LogP contribution >= 0.6 is 0 Å². The normalized spacial score (nSPS) is 18.1. The van der Waals surface area contributed by atoms with Gasteiger partial charge in [-0.2, -0.15) is 0 Å². The molecular formula is C27H33FN4O4. The quantitative estimate of drug-likeness (QED) is 0.594. The lowest BCUT2D eigenvalue weighted by molar-refractivity contribution is 0.0356. The summed E-state index contributed by atoms with van der Waals surface area (Å²) >= 11 is 0. The molecule has 1 aromatic carbocycles. The number of carbonyl (C=O) groups is 2. The maximum atomic E-state index is 13.5. The van der Waals surface area contributed by atoms with E-state index in [0.717, 1.165) is 12.8 Å². The number of fused-ring (bicyclic) bond motifs is 1. The van der Waals surface area contributed by atoms with E-state index in [0.29, 0.717) is 17.8 Å². The molecule has 0 aliphatic carbocycles. The second-order valence-corrected chi connectivity index (χ2v) is 9.07. The molecule has 1 aliphatic heterocycles. The van der Waals surface area contributed by atoms with Crippen molar-refractivity contribution in [2.45, 2.75) is 45.8 Å². The van der Waals surface area contributed by atoms with Crippen LogP contribution in [0.5, 0.6) is 5.88 Å². The van der Waals surface area contributed by atoms with Gasteiger partial charge >= 0.3 is 6.03 Å². The number of benzene rings is 1. The maximum Gasteiger partial charge on any atom is 0.321 e. The van der Waals surface area contributed by atoms with E-state index >= 15 is 0 Å². The van der Waals surface area contributed by atoms with Crippen LogP contribution in [0.4, 0.5) is 14.9 Å². The fraction of sp³-hybridized carbons (Fsp3) is 0.444. The van der Waals surface area contributed by atoms with Crippen LogP contribution in [0, 0.1) is 23.6 Å². The molecule has 0 bridgehead atoms. The highest BCUT2D eigenvalue weighted by Crippen LogP contribution is 2.27. The SMILES string of the molecule is CCCC#Cc1cnc2c(c1)C(=O)N([C@@H](C)CO)C[C@@H](C)[C@@H](CN(C)C(=O)Nc1cccc(F)c1)O2. The summed E-state index contributed by atoms with van der Waals surface area (Å²) in [6.07, 6.45) is 2.73. The van der Waals surface area contributed by atoms with Gasteiger partial charge in [-0.05, 0) is 37.6 Å². The Morgan fingerprint density at radius 1 is 1.42 bits per heavy atom. The number of carbonyl (C=O) groups excluding carboxylic acids is 2. The summed E-state index contributed by atoms with van der Waals surface area (Å²) in [6, 6.07) is 6.47. The van der Waals surface area contributed by atoms with Gasteiger partial charge in [0, 0.05) is 43.4 Å². The number of urea groups is 1. The molecule has 2 heterocycles. The molecule has 0 radical (unpaired) electrons. The highest BCUT2D eigenvalue weighted by atomic mass is 19.1. The van der Waals surface area contributed by atoms with Gasteiger partial charge in [-0.3, -0.25) is 4.79 Å². The molecule has 0 unspecified atom stereocenters. The number of aliphatic hydroxyl groups excluding tert-OH is 1. The van der Waals surface area contributed by atoms with Gasteiger partial charge < -0.3 is 25.0 Å². The number of ether oxygens (including phenoxy) is 1. The average Bonchev–Trinajstić information content (AvgIpc) is 2.86. The Bertz CT molecular complexity index is 1150. The lowest BCUT2D eigenvalue weighted by atomic mass is 10.00. The number of halogens is 1. The number of aliphatic hydroxyl groups is 1. The van der Waals surface area contributed by atoms with Gasteiger partial charge in [0.1, 0.15) is 17.5 Å². The fourth-order valence-corrected chi connectivity index (χ4v) is 3.82. The molecule has 0 spiro atoms. The molecule has 0 saturated heterocycles. The molecule has 8 nitrogen and oxygen atoms in total. The molecule has 36 heavy (non-hydrogen) atoms. The Morgan fingerprint density at radius 3 is 2.89 bits per heavy atom. The first-order valence-corrected chi connectivity index (χ1v) is 12.1. The Morgan fingerprint density at radius 2 is 2.19 bits per heavy atom. The number of nitrogens with zero attached hydrogens (tertiary/aromatic N) is 3. The first kappa shape index (κ1) is 27.0. The number of hydrogen-bond acceptors (Lipinski definition) is 5. The van der Waals surface area contributed by atoms with E-state index < -0.39 is 24.0 Å². The third kappa shape index (κ3) is 6.73. The van der Waals surface area contributed by atoms with Crippen LogP contribution in [0.3, 0.4) is 0 Å². The molecule has 0 saturated carbocycles. The van der Waals surface area contributed by atoms with E-state index in [-0.39, 0.29) is 36.4 Å². The molecular weight excluding hydrogens is 463 g/mol. The molecule has 1 aromatic heterocycles. The fourth-order valence-electron chi connectivity index (χ4n) is 3.82. The number of nitrogens with one attached hydrogen (secondary N) is 1. The van der Waals surface area contributed by atoms with Gasteiger partial charge in [0.25, 0.3) is 5.91 Å². The predicted molar refractivity (Wildman–Crippen MR) is 135 cm³/mol. The Kier molecular flexibility index (Phi) is 9.25. The summed E-state index contributed by atoms with van der Waals surface area (Å²) in [5, 5.41) is 12.5. The lowest BCUT2D eigenvalue weighted by Gasteiger charge is -2.37. The van der Waals surface area contributed by atoms with Gasteiger partial charge in [-0.25, -0.2) is 14.2 Å². The molecule has 3 rings (SSSR count). The minimum atomic E-state index is -0.502. The Labute approximate surface area is 211 Å². The summed E-state index contributed by atoms with van der Waals surface area (Å²) in [5.41, 5.74) is 1.21. The first-order chi connectivity index (χ1) is 17.2. The van der Waals surface area contributed by atoms with Crippen molar-refractivity contribution in [3.63, 3.8) is 0 Å². The van der Waals surface area contributed by atoms with E-state index in [2.05, 4.69) is 22.1 Å². The predicted octanol–water partition coefficient (Wildman–Crippen LogP) is 3.76. The number of hydrogen-bond donors (Lipinski definition) is 2. The van der Waals surface area contributed by atoms with Gasteiger partial charge in [-0.1, -0.05) is 31.8 Å². The monoisotopic (exact) mass is 496 g/mol. The third-order valence-corrected chi connectivity index (χ3v) is 6.01. The van der Waals surface area contributed by atoms with Crippen molar-refractivity contribution in [3.05, 3.63) is 53.5 Å². The van der Waals surface area contributed by atoms with E-state index in [1.165, 1.54) is 23.1 Å². The van der Waals surface area contributed by atoms with E-state index in [1.807, 2.05) is 13.8 Å². The second-order valence-electron chi connectivity index (χ2n) is 9.07. The van der Waals surface area contributed by atoms with Gasteiger partial charge in [0.05, 0.1) is 19.2 Å². The van der Waals surface area contributed by atoms with Crippen LogP contribution in [-0.4, -0.2) is 70.7 Å². The van der Waals surface area contributed by atoms with Crippen molar-refractivity contribution in [1.82, 2.24) is 14.8 Å². The zero-order chi connectivity index (χ0) is 26.2. The van der Waals surface area contributed by atoms with Gasteiger partial charge in [0.15, 0.2) is 0 Å². The topological polar surface area (TPSA) is 95.0 Å². The average molecular weight is 497 g/mol. The molecule has 0 fully saturated rings. The van der Waals surface area contributed by atoms with Crippen LogP contribution in [0.15, 0.2) is 36.5 Å². The Balaban J connectivity index is 1.87. The van der Waals surface area contributed by atoms with Crippen LogP contribution in [0.2, 0.25) is 0 Å². The van der Waals surface area contributed by atoms with E-state index in [9.17, 15) is 19.1 Å². The van der Waals surface area contributed by atoms with Crippen molar-refractivity contribution in [2.24, 2.45) is 5.92 Å². The first-order valence-electron chi connectivity index (χ1n) is 12.1. The number of unbranched alkanes of at least 4 members (excludes halogenated alkanes) is 1. The van der Waals surface area contributed by atoms with Crippen LogP contribution in [0.1, 0.15) is 49.5 Å². The van der Waals surface area contributed by atoms with Crippen molar-refractivity contribution in [1.29, 1.82) is 0 Å². The van der Waals surface area contributed by atoms with Crippen LogP contribution in [0.25, 0.3) is 0 Å². The van der Waals surface area contributed by atoms with Crippen molar-refractivity contribution >= 4 is 17.6 Å². The summed E-state index contributed by atoms with van der Waals surface area (Å²) < 4.78 is 19.7. The number of aromatic nitrogens is 1. The summed E-state index contributed by atoms with van der Waals surface area (Å²) in [4.78, 5) is 33.6. The summed E-state index contributed by atoms with van der Waals surface area (Å²) in [5.74, 6) is 5.31. The number of anilines is 1. The molecule has 3 atom stereocenters. The Hall–Kier alpha value is -3.64. The smallest absolute Gasteiger partial charge is 0.321 e. The van der Waals surface area contributed by atoms with Crippen molar-refractivity contribution < 1.29 is 23.8 Å². The second kappa shape index (κ2) is 12.4. The molecule has 2 aromatic rings. The molecule has 3 amide bonds. The summed E-state index contributed by atoms with van der Waals surface area (Å²) in [6.45, 7) is 6.04. The third-order valence-electron chi connectivity index (χ3n) is 6.01. The largest absolute Gasteiger partial charge is 0.472 e. The van der Waals surface area contributed by atoms with Crippen LogP contribution in [-0.2, 0) is 0 Å². The molecule has 9 heteroatoms. The molecule has 192 valence electrons. The molecule has 1 aliphatic rings. The van der Waals surface area contributed by atoms with Gasteiger partial charge in [0.2, 0.25) is 5.88 Å². The highest BCUT2D eigenvalue weighted by Gasteiger charge is 2.34. The minimum Gasteiger partial charge on any atom is -0.472 e. The maximum absolute atomic E-state index is 13.5. The number of pyridine rings is 1. The zero-order valence-corrected chi connectivity index (χ0v) is 21.1. The minimum absolute atomic E-state index is 0.159. The number of rotatable bonds is 6. The summed E-state index contributed by atoms with van der Waals surface area (Å²) in [7, 11) is 1.61. The van der Waals surface area contributed by atoms with Crippen molar-refractivity contribution in [2.75, 3.05) is 32.1 Å². The van der Waals surface area contributed by atoms with Gasteiger partial charge in [-0.15, -0.1) is 0 Å². The van der Waals surface area contributed by atoms with E-state index in [1.54, 1.807) is 37.2 Å². The molecule has 2 N–H and O–H groups in total. The zero-order valence-electron chi connectivity index (χ0n) is 21.1. The number of amides is 3. The standard InChI is InChI=1S/C27H33FN4O4/c1-5-6-7-9-20-12-23-25(29-14-20)36-24(18(2)15-32(26(23)34)19(3)17-33)16-31(4)27(35)30-22-11-8-10-21(28)13-22/h8,10-14,18-19,24,33H,5-6,15-17H2,1-4H3,(H,30,35)/t18-,19+,24-/m1/s1.